The van der Waals surface area contributed by atoms with E-state index in [0.717, 1.165) is 22.4 Å². The van der Waals surface area contributed by atoms with Gasteiger partial charge in [0, 0.05) is 56.1 Å². The van der Waals surface area contributed by atoms with Gasteiger partial charge in [-0.2, -0.15) is 0 Å². The molecule has 0 aliphatic carbocycles. The number of nitrogens with two attached hydrogens (primary N) is 1. The minimum absolute atomic E-state index is 0.693. The molecule has 2 heterocycles. The highest BCUT2D eigenvalue weighted by Crippen LogP contribution is 2.38. The third-order valence-electron chi connectivity index (χ3n) is 10.8. The smallest absolute Gasteiger partial charge is 0.0541 e. The van der Waals surface area contributed by atoms with E-state index in [9.17, 15) is 0 Å². The molecule has 0 unspecified atom stereocenters. The molecule has 0 saturated heterocycles. The molecular formula is C51H37N3. The highest BCUT2D eigenvalue weighted by molar-refractivity contribution is 6.12. The van der Waals surface area contributed by atoms with Crippen LogP contribution in [0.5, 0.6) is 0 Å². The zero-order chi connectivity index (χ0) is 36.0. The second kappa shape index (κ2) is 13.1. The summed E-state index contributed by atoms with van der Waals surface area (Å²) in [7, 11) is 0. The van der Waals surface area contributed by atoms with Crippen LogP contribution in [0.4, 0.5) is 5.69 Å². The van der Waals surface area contributed by atoms with Crippen molar-refractivity contribution in [1.29, 1.82) is 0 Å². The van der Waals surface area contributed by atoms with E-state index in [-0.39, 0.29) is 0 Å². The van der Waals surface area contributed by atoms with Crippen molar-refractivity contribution in [2.45, 2.75) is 6.54 Å². The van der Waals surface area contributed by atoms with E-state index in [1.807, 2.05) is 12.1 Å². The Bertz CT molecular complexity index is 3000. The molecule has 2 aromatic heterocycles. The average molecular weight is 692 g/mol. The van der Waals surface area contributed by atoms with Crippen molar-refractivity contribution in [2.75, 3.05) is 5.73 Å². The van der Waals surface area contributed by atoms with Crippen molar-refractivity contribution in [2.24, 2.45) is 0 Å². The van der Waals surface area contributed by atoms with Crippen LogP contribution in [-0.2, 0) is 6.54 Å². The van der Waals surface area contributed by atoms with E-state index in [4.69, 9.17) is 5.73 Å². The number of fused-ring (bicyclic) bond motifs is 6. The molecule has 0 amide bonds. The minimum Gasteiger partial charge on any atom is -0.398 e. The molecule has 8 aromatic carbocycles. The summed E-state index contributed by atoms with van der Waals surface area (Å²) in [4.78, 5) is 0. The number of rotatable bonds is 7. The molecule has 0 saturated carbocycles. The maximum absolute atomic E-state index is 6.63. The number of hydrogen-bond donors (Lipinski definition) is 1. The normalized spacial score (nSPS) is 12.0. The van der Waals surface area contributed by atoms with Gasteiger partial charge in [0.2, 0.25) is 0 Å². The van der Waals surface area contributed by atoms with Crippen molar-refractivity contribution in [1.82, 2.24) is 9.13 Å². The van der Waals surface area contributed by atoms with Gasteiger partial charge in [0.1, 0.15) is 0 Å². The molecule has 3 nitrogen and oxygen atoms in total. The number of para-hydroxylation sites is 4. The van der Waals surface area contributed by atoms with Gasteiger partial charge in [-0.25, -0.2) is 0 Å². The Balaban J connectivity index is 1.08. The summed E-state index contributed by atoms with van der Waals surface area (Å²) in [5.74, 6) is 0. The zero-order valence-corrected chi connectivity index (χ0v) is 29.7. The van der Waals surface area contributed by atoms with Gasteiger partial charge in [0.15, 0.2) is 0 Å². The van der Waals surface area contributed by atoms with Crippen LogP contribution in [0.2, 0.25) is 0 Å². The van der Waals surface area contributed by atoms with Gasteiger partial charge >= 0.3 is 0 Å². The number of benzene rings is 8. The first-order valence-electron chi connectivity index (χ1n) is 18.5. The second-order valence-corrected chi connectivity index (χ2v) is 13.9. The second-order valence-electron chi connectivity index (χ2n) is 13.9. The fraction of sp³-hybridized carbons (Fsp3) is 0.0196. The highest BCUT2D eigenvalue weighted by atomic mass is 15.0. The molecule has 0 bridgehead atoms. The molecule has 3 heteroatoms. The third kappa shape index (κ3) is 5.37. The Kier molecular flexibility index (Phi) is 7.70. The maximum atomic E-state index is 6.63. The number of nitrogens with zero attached hydrogens (tertiary/aromatic N) is 2. The van der Waals surface area contributed by atoms with Crippen LogP contribution in [0.3, 0.4) is 0 Å². The van der Waals surface area contributed by atoms with Crippen molar-refractivity contribution < 1.29 is 0 Å². The van der Waals surface area contributed by atoms with E-state index < -0.39 is 0 Å². The molecule has 2 N–H and O–H groups in total. The summed E-state index contributed by atoms with van der Waals surface area (Å²) >= 11 is 0. The van der Waals surface area contributed by atoms with Crippen LogP contribution in [0.15, 0.2) is 200 Å². The largest absolute Gasteiger partial charge is 0.398 e. The molecule has 0 spiro atoms. The Hall–Kier alpha value is -7.10. The molecule has 0 aliphatic heterocycles. The molecular weight excluding hydrogens is 655 g/mol. The number of nitrogen functional groups attached to an aromatic ring is 1. The molecule has 0 fully saturated rings. The molecule has 54 heavy (non-hydrogen) atoms. The van der Waals surface area contributed by atoms with Gasteiger partial charge in [0.05, 0.1) is 11.0 Å². The number of anilines is 1. The van der Waals surface area contributed by atoms with Crippen LogP contribution in [-0.4, -0.2) is 9.13 Å². The van der Waals surface area contributed by atoms with Crippen LogP contribution in [0.25, 0.3) is 77.1 Å². The number of allylic oxidation sites excluding steroid dienone is 1. The quantitative estimate of drug-likeness (QED) is 0.166. The van der Waals surface area contributed by atoms with Crippen molar-refractivity contribution in [3.63, 3.8) is 0 Å². The summed E-state index contributed by atoms with van der Waals surface area (Å²) in [5.41, 5.74) is 21.5. The van der Waals surface area contributed by atoms with Gasteiger partial charge in [-0.3, -0.25) is 0 Å². The minimum atomic E-state index is 0.693. The van der Waals surface area contributed by atoms with E-state index >= 15 is 0 Å². The molecule has 0 atom stereocenters. The number of aromatic nitrogens is 2. The fourth-order valence-electron chi connectivity index (χ4n) is 8.22. The molecule has 256 valence electrons. The standard InChI is InChI=1S/C51H37N3/c52-47-20-10-7-17-42(47)41(37-25-23-36(24-26-37)35-13-3-1-4-14-35)31-32-53-48-21-11-8-18-43(48)45-33-38(27-29-49(45)53)39-28-30-51-46(34-39)44-19-9-12-22-50(44)54(51)40-15-5-2-6-16-40/h1-31,33-34H,32,52H2/b41-31-. The first kappa shape index (κ1) is 31.6. The Morgan fingerprint density at radius 1 is 0.426 bits per heavy atom. The van der Waals surface area contributed by atoms with Gasteiger partial charge in [-0.05, 0) is 88.0 Å². The monoisotopic (exact) mass is 691 g/mol. The Labute approximate surface area is 314 Å². The summed E-state index contributed by atoms with van der Waals surface area (Å²) < 4.78 is 4.80. The molecule has 10 aromatic rings. The lowest BCUT2D eigenvalue weighted by Gasteiger charge is -2.14. The lowest BCUT2D eigenvalue weighted by molar-refractivity contribution is 0.900. The number of hydrogen-bond acceptors (Lipinski definition) is 1. The van der Waals surface area contributed by atoms with Crippen LogP contribution >= 0.6 is 0 Å². The third-order valence-corrected chi connectivity index (χ3v) is 10.8. The van der Waals surface area contributed by atoms with Crippen molar-refractivity contribution >= 4 is 54.9 Å². The first-order chi connectivity index (χ1) is 26.7. The fourth-order valence-corrected chi connectivity index (χ4v) is 8.22. The van der Waals surface area contributed by atoms with Crippen molar-refractivity contribution in [3.8, 4) is 27.9 Å². The predicted molar refractivity (Wildman–Crippen MR) is 229 cm³/mol. The average Bonchev–Trinajstić information content (AvgIpc) is 3.74. The van der Waals surface area contributed by atoms with Crippen LogP contribution in [0, 0.1) is 0 Å². The van der Waals surface area contributed by atoms with Crippen molar-refractivity contribution in [3.05, 3.63) is 211 Å². The predicted octanol–water partition coefficient (Wildman–Crippen LogP) is 12.9. The maximum Gasteiger partial charge on any atom is 0.0541 e. The van der Waals surface area contributed by atoms with Crippen LogP contribution < -0.4 is 5.73 Å². The van der Waals surface area contributed by atoms with Gasteiger partial charge in [-0.15, -0.1) is 0 Å². The SMILES string of the molecule is Nc1ccccc1/C(=C\Cn1c2ccccc2c2cc(-c3ccc4c(c3)c3ccccc3n4-c3ccccc3)ccc21)c1ccc(-c2ccccc2)cc1. The van der Waals surface area contributed by atoms with Crippen LogP contribution in [0.1, 0.15) is 11.1 Å². The van der Waals surface area contributed by atoms with E-state index in [1.165, 1.54) is 71.6 Å². The van der Waals surface area contributed by atoms with Gasteiger partial charge < -0.3 is 14.9 Å². The lowest BCUT2D eigenvalue weighted by atomic mass is 9.94. The molecule has 10 rings (SSSR count). The zero-order valence-electron chi connectivity index (χ0n) is 29.7. The first-order valence-corrected chi connectivity index (χ1v) is 18.5. The van der Waals surface area contributed by atoms with E-state index in [2.05, 4.69) is 197 Å². The lowest BCUT2D eigenvalue weighted by Crippen LogP contribution is -1.99. The topological polar surface area (TPSA) is 35.9 Å². The summed E-state index contributed by atoms with van der Waals surface area (Å²) in [5, 5.41) is 5.00. The summed E-state index contributed by atoms with van der Waals surface area (Å²) in [6.07, 6.45) is 2.33. The molecule has 0 radical (unpaired) electrons. The summed E-state index contributed by atoms with van der Waals surface area (Å²) in [6.45, 7) is 0.693. The highest BCUT2D eigenvalue weighted by Gasteiger charge is 2.16. The summed E-state index contributed by atoms with van der Waals surface area (Å²) in [6, 6.07) is 69.5. The molecule has 0 aliphatic rings. The van der Waals surface area contributed by atoms with Gasteiger partial charge in [0.25, 0.3) is 0 Å². The Morgan fingerprint density at radius 2 is 0.926 bits per heavy atom. The Morgan fingerprint density at radius 3 is 1.65 bits per heavy atom. The van der Waals surface area contributed by atoms with E-state index in [0.29, 0.717) is 6.54 Å². The van der Waals surface area contributed by atoms with Gasteiger partial charge in [-0.1, -0.05) is 146 Å². The van der Waals surface area contributed by atoms with E-state index in [1.54, 1.807) is 0 Å².